The maximum absolute atomic E-state index is 12.7. The largest absolute Gasteiger partial charge is 0.345 e. The van der Waals surface area contributed by atoms with E-state index in [1.54, 1.807) is 9.80 Å². The van der Waals surface area contributed by atoms with Crippen LogP contribution in [0.2, 0.25) is 0 Å². The highest BCUT2D eigenvalue weighted by Crippen LogP contribution is 2.24. The first-order chi connectivity index (χ1) is 11.1. The molecular weight excluding hydrogens is 316 g/mol. The molecule has 2 fully saturated rings. The number of hydrogen-bond donors (Lipinski definition) is 1. The lowest BCUT2D eigenvalue weighted by atomic mass is 10.1. The Morgan fingerprint density at radius 1 is 1.26 bits per heavy atom. The predicted molar refractivity (Wildman–Crippen MR) is 84.0 cm³/mol. The molecule has 0 saturated carbocycles. The van der Waals surface area contributed by atoms with Crippen LogP contribution < -0.4 is 5.32 Å². The van der Waals surface area contributed by atoms with Gasteiger partial charge in [-0.15, -0.1) is 11.3 Å². The second-order valence-corrected chi connectivity index (χ2v) is 6.59. The van der Waals surface area contributed by atoms with Gasteiger partial charge in [0.25, 0.3) is 5.91 Å². The molecule has 1 aromatic heterocycles. The summed E-state index contributed by atoms with van der Waals surface area (Å²) < 4.78 is 0.958. The van der Waals surface area contributed by atoms with Crippen molar-refractivity contribution in [1.29, 1.82) is 0 Å². The first kappa shape index (κ1) is 14.1. The number of nitrogens with one attached hydrogen (secondary N) is 1. The van der Waals surface area contributed by atoms with Crippen LogP contribution >= 0.6 is 11.3 Å². The minimum atomic E-state index is -0.594. The van der Waals surface area contributed by atoms with Gasteiger partial charge in [0.1, 0.15) is 6.04 Å². The monoisotopic (exact) mass is 330 g/mol. The Morgan fingerprint density at radius 3 is 2.91 bits per heavy atom. The number of hydrogen-bond acceptors (Lipinski definition) is 5. The number of rotatable bonds is 1. The van der Waals surface area contributed by atoms with Crippen LogP contribution in [0.25, 0.3) is 10.2 Å². The van der Waals surface area contributed by atoms with E-state index in [1.165, 1.54) is 11.3 Å². The molecule has 1 atom stereocenters. The van der Waals surface area contributed by atoms with Crippen molar-refractivity contribution in [2.24, 2.45) is 0 Å². The topological polar surface area (TPSA) is 82.6 Å². The molecule has 2 aliphatic heterocycles. The van der Waals surface area contributed by atoms with Gasteiger partial charge in [-0.3, -0.25) is 14.4 Å². The molecule has 118 valence electrons. The van der Waals surface area contributed by atoms with Gasteiger partial charge >= 0.3 is 0 Å². The SMILES string of the molecule is O=C1NCC(=O)N2CCN(C(=O)c3nc4ccccc4s3)C[C@@H]12. The van der Waals surface area contributed by atoms with E-state index in [4.69, 9.17) is 0 Å². The predicted octanol–water partition coefficient (Wildman–Crippen LogP) is 0.0791. The average molecular weight is 330 g/mol. The maximum Gasteiger partial charge on any atom is 0.283 e. The smallest absolute Gasteiger partial charge is 0.283 e. The van der Waals surface area contributed by atoms with Gasteiger partial charge in [-0.1, -0.05) is 12.1 Å². The fraction of sp³-hybridized carbons (Fsp3) is 0.333. The number of para-hydroxylation sites is 1. The molecule has 0 unspecified atom stereocenters. The average Bonchev–Trinajstić information content (AvgIpc) is 3.01. The highest BCUT2D eigenvalue weighted by Gasteiger charge is 2.40. The number of thiazole rings is 1. The summed E-state index contributed by atoms with van der Waals surface area (Å²) >= 11 is 1.35. The lowest BCUT2D eigenvalue weighted by Gasteiger charge is -2.42. The summed E-state index contributed by atoms with van der Waals surface area (Å²) in [5, 5.41) is 2.99. The van der Waals surface area contributed by atoms with Gasteiger partial charge in [-0.05, 0) is 12.1 Å². The van der Waals surface area contributed by atoms with Crippen LogP contribution in [0.15, 0.2) is 24.3 Å². The molecule has 1 aromatic carbocycles. The van der Waals surface area contributed by atoms with Crippen molar-refractivity contribution in [3.8, 4) is 0 Å². The number of carbonyl (C=O) groups excluding carboxylic acids is 3. The van der Waals surface area contributed by atoms with Gasteiger partial charge in [0.15, 0.2) is 5.01 Å². The number of nitrogens with zero attached hydrogens (tertiary/aromatic N) is 3. The third kappa shape index (κ3) is 2.35. The molecule has 23 heavy (non-hydrogen) atoms. The van der Waals surface area contributed by atoms with Crippen molar-refractivity contribution in [2.75, 3.05) is 26.2 Å². The van der Waals surface area contributed by atoms with Crippen LogP contribution in [0.4, 0.5) is 0 Å². The summed E-state index contributed by atoms with van der Waals surface area (Å²) in [5.41, 5.74) is 0.796. The molecule has 4 rings (SSSR count). The Bertz CT molecular complexity index is 785. The molecule has 3 heterocycles. The van der Waals surface area contributed by atoms with Crippen molar-refractivity contribution >= 4 is 39.3 Å². The quantitative estimate of drug-likeness (QED) is 0.803. The first-order valence-electron chi connectivity index (χ1n) is 7.35. The maximum atomic E-state index is 12.7. The van der Waals surface area contributed by atoms with Gasteiger partial charge in [-0.2, -0.15) is 0 Å². The Morgan fingerprint density at radius 2 is 2.09 bits per heavy atom. The zero-order valence-corrected chi connectivity index (χ0v) is 13.0. The molecule has 0 spiro atoms. The third-order valence-electron chi connectivity index (χ3n) is 4.18. The van der Waals surface area contributed by atoms with Crippen LogP contribution in [0.3, 0.4) is 0 Å². The van der Waals surface area contributed by atoms with Crippen molar-refractivity contribution < 1.29 is 14.4 Å². The summed E-state index contributed by atoms with van der Waals surface area (Å²) in [6, 6.07) is 6.99. The Balaban J connectivity index is 1.57. The standard InChI is InChI=1S/C15H14N4O3S/c20-12-7-16-13(21)10-8-18(5-6-19(10)12)15(22)14-17-9-3-1-2-4-11(9)23-14/h1-4,10H,5-8H2,(H,16,21)/t10-/m0/s1. The van der Waals surface area contributed by atoms with Gasteiger partial charge < -0.3 is 15.1 Å². The van der Waals surface area contributed by atoms with E-state index < -0.39 is 6.04 Å². The molecule has 2 saturated heterocycles. The van der Waals surface area contributed by atoms with E-state index in [2.05, 4.69) is 10.3 Å². The summed E-state index contributed by atoms with van der Waals surface area (Å²) in [6.45, 7) is 1.06. The van der Waals surface area contributed by atoms with Crippen LogP contribution in [0.1, 0.15) is 9.80 Å². The summed E-state index contributed by atoms with van der Waals surface area (Å²) in [4.78, 5) is 44.0. The van der Waals surface area contributed by atoms with Crippen molar-refractivity contribution in [3.63, 3.8) is 0 Å². The molecule has 8 heteroatoms. The normalized spacial score (nSPS) is 21.3. The second kappa shape index (κ2) is 5.31. The van der Waals surface area contributed by atoms with E-state index in [-0.39, 0.29) is 30.8 Å². The summed E-state index contributed by atoms with van der Waals surface area (Å²) in [5.74, 6) is -0.482. The molecule has 2 aromatic rings. The van der Waals surface area contributed by atoms with Gasteiger partial charge in [-0.25, -0.2) is 4.98 Å². The van der Waals surface area contributed by atoms with Crippen LogP contribution in [-0.2, 0) is 9.59 Å². The minimum Gasteiger partial charge on any atom is -0.345 e. The zero-order chi connectivity index (χ0) is 16.0. The molecular formula is C15H14N4O3S. The highest BCUT2D eigenvalue weighted by atomic mass is 32.1. The second-order valence-electron chi connectivity index (χ2n) is 5.56. The fourth-order valence-electron chi connectivity index (χ4n) is 2.97. The van der Waals surface area contributed by atoms with Gasteiger partial charge in [0.05, 0.1) is 23.3 Å². The Kier molecular flexibility index (Phi) is 3.26. The van der Waals surface area contributed by atoms with Gasteiger partial charge in [0.2, 0.25) is 11.8 Å². The Labute approximate surface area is 135 Å². The number of aromatic nitrogens is 1. The van der Waals surface area contributed by atoms with Gasteiger partial charge in [0, 0.05) is 13.1 Å². The van der Waals surface area contributed by atoms with E-state index in [0.717, 1.165) is 10.2 Å². The molecule has 1 N–H and O–H groups in total. The number of amides is 3. The molecule has 0 bridgehead atoms. The molecule has 0 aliphatic carbocycles. The third-order valence-corrected chi connectivity index (χ3v) is 5.21. The minimum absolute atomic E-state index is 0.0428. The Hall–Kier alpha value is -2.48. The fourth-order valence-corrected chi connectivity index (χ4v) is 3.90. The number of benzene rings is 1. The van der Waals surface area contributed by atoms with Crippen molar-refractivity contribution in [1.82, 2.24) is 20.1 Å². The molecule has 3 amide bonds. The molecule has 2 aliphatic rings. The highest BCUT2D eigenvalue weighted by molar-refractivity contribution is 7.20. The molecule has 0 radical (unpaired) electrons. The van der Waals surface area contributed by atoms with Crippen molar-refractivity contribution in [2.45, 2.75) is 6.04 Å². The van der Waals surface area contributed by atoms with E-state index in [1.807, 2.05) is 24.3 Å². The van der Waals surface area contributed by atoms with Crippen LogP contribution in [-0.4, -0.2) is 64.7 Å². The lowest BCUT2D eigenvalue weighted by Crippen LogP contribution is -2.66. The molecule has 7 nitrogen and oxygen atoms in total. The van der Waals surface area contributed by atoms with Crippen LogP contribution in [0, 0.1) is 0 Å². The number of piperazine rings is 2. The van der Waals surface area contributed by atoms with E-state index in [9.17, 15) is 14.4 Å². The summed E-state index contributed by atoms with van der Waals surface area (Å²) in [7, 11) is 0. The summed E-state index contributed by atoms with van der Waals surface area (Å²) in [6.07, 6.45) is 0. The first-order valence-corrected chi connectivity index (χ1v) is 8.17. The zero-order valence-electron chi connectivity index (χ0n) is 12.2. The number of fused-ring (bicyclic) bond motifs is 2. The lowest BCUT2D eigenvalue weighted by molar-refractivity contribution is -0.148. The van der Waals surface area contributed by atoms with E-state index in [0.29, 0.717) is 18.1 Å². The van der Waals surface area contributed by atoms with Crippen LogP contribution in [0.5, 0.6) is 0 Å². The van der Waals surface area contributed by atoms with Crippen molar-refractivity contribution in [3.05, 3.63) is 29.3 Å². The van der Waals surface area contributed by atoms with E-state index >= 15 is 0 Å². The number of carbonyl (C=O) groups is 3.